The molecule has 0 N–H and O–H groups in total. The zero-order chi connectivity index (χ0) is 13.9. The van der Waals surface area contributed by atoms with Crippen LogP contribution in [0.3, 0.4) is 0 Å². The second-order valence-electron chi connectivity index (χ2n) is 5.01. The van der Waals surface area contributed by atoms with Gasteiger partial charge in [-0.15, -0.1) is 0 Å². The van der Waals surface area contributed by atoms with E-state index in [-0.39, 0.29) is 0 Å². The summed E-state index contributed by atoms with van der Waals surface area (Å²) < 4.78 is 2.28. The van der Waals surface area contributed by atoms with Crippen LogP contribution in [0, 0.1) is 13.8 Å². The Kier molecular flexibility index (Phi) is 3.33. The Hall–Kier alpha value is -2.42. The van der Waals surface area contributed by atoms with Crippen molar-refractivity contribution >= 4 is 0 Å². The Bertz CT molecular complexity index is 700. The van der Waals surface area contributed by atoms with Crippen LogP contribution in [0.2, 0.25) is 0 Å². The van der Waals surface area contributed by atoms with Crippen LogP contribution < -0.4 is 0 Å². The Morgan fingerprint density at radius 3 is 2.40 bits per heavy atom. The number of aromatic nitrogens is 3. The number of rotatable bonds is 3. The van der Waals surface area contributed by atoms with Gasteiger partial charge < -0.3 is 4.57 Å². The Morgan fingerprint density at radius 1 is 1.00 bits per heavy atom. The van der Waals surface area contributed by atoms with E-state index in [9.17, 15) is 0 Å². The van der Waals surface area contributed by atoms with Crippen LogP contribution in [0.1, 0.15) is 16.8 Å². The van der Waals surface area contributed by atoms with Gasteiger partial charge in [-0.2, -0.15) is 0 Å². The molecule has 3 heteroatoms. The molecular formula is C17H17N3. The normalized spacial score (nSPS) is 10.7. The van der Waals surface area contributed by atoms with Gasteiger partial charge in [0.2, 0.25) is 0 Å². The smallest absolute Gasteiger partial charge is 0.115 e. The Morgan fingerprint density at radius 2 is 1.70 bits per heavy atom. The molecule has 0 aliphatic carbocycles. The van der Waals surface area contributed by atoms with Crippen molar-refractivity contribution in [3.05, 3.63) is 72.1 Å². The molecule has 0 saturated carbocycles. The minimum absolute atomic E-state index is 0.890. The van der Waals surface area contributed by atoms with Crippen molar-refractivity contribution in [1.29, 1.82) is 0 Å². The maximum atomic E-state index is 4.12. The molecule has 0 aliphatic rings. The van der Waals surface area contributed by atoms with E-state index >= 15 is 0 Å². The van der Waals surface area contributed by atoms with Crippen molar-refractivity contribution in [2.45, 2.75) is 20.4 Å². The molecule has 2 heterocycles. The van der Waals surface area contributed by atoms with E-state index in [0.717, 1.165) is 12.1 Å². The molecule has 0 amide bonds. The molecule has 0 atom stereocenters. The van der Waals surface area contributed by atoms with Gasteiger partial charge in [-0.1, -0.05) is 30.3 Å². The first kappa shape index (κ1) is 12.6. The minimum atomic E-state index is 0.890. The summed E-state index contributed by atoms with van der Waals surface area (Å²) in [4.78, 5) is 8.23. The summed E-state index contributed by atoms with van der Waals surface area (Å²) >= 11 is 0. The largest absolute Gasteiger partial charge is 0.346 e. The highest BCUT2D eigenvalue weighted by molar-refractivity contribution is 5.68. The molecule has 0 aliphatic heterocycles. The maximum absolute atomic E-state index is 4.12. The summed E-state index contributed by atoms with van der Waals surface area (Å²) in [5.41, 5.74) is 6.13. The van der Waals surface area contributed by atoms with Gasteiger partial charge in [-0.25, -0.2) is 9.97 Å². The monoisotopic (exact) mass is 263 g/mol. The van der Waals surface area contributed by atoms with Crippen LogP contribution in [-0.4, -0.2) is 14.5 Å². The quantitative estimate of drug-likeness (QED) is 0.722. The fraction of sp³-hybridized carbons (Fsp3) is 0.176. The molecule has 0 saturated heterocycles. The zero-order valence-corrected chi connectivity index (χ0v) is 11.7. The van der Waals surface area contributed by atoms with Crippen LogP contribution in [-0.2, 0) is 6.54 Å². The van der Waals surface area contributed by atoms with Crippen molar-refractivity contribution in [3.63, 3.8) is 0 Å². The summed E-state index contributed by atoms with van der Waals surface area (Å²) in [5.74, 6) is 0. The number of nitrogens with zero attached hydrogens (tertiary/aromatic N) is 3. The molecule has 3 nitrogen and oxygen atoms in total. The van der Waals surface area contributed by atoms with Crippen molar-refractivity contribution < 1.29 is 0 Å². The summed E-state index contributed by atoms with van der Waals surface area (Å²) in [5, 5.41) is 0. The van der Waals surface area contributed by atoms with Crippen molar-refractivity contribution in [2.24, 2.45) is 0 Å². The third kappa shape index (κ3) is 2.35. The molecule has 1 aromatic carbocycles. The third-order valence-corrected chi connectivity index (χ3v) is 3.58. The third-order valence-electron chi connectivity index (χ3n) is 3.58. The van der Waals surface area contributed by atoms with Gasteiger partial charge in [0.1, 0.15) is 6.33 Å². The average molecular weight is 263 g/mol. The van der Waals surface area contributed by atoms with Gasteiger partial charge in [0.05, 0.1) is 0 Å². The van der Waals surface area contributed by atoms with E-state index in [2.05, 4.69) is 58.8 Å². The predicted molar refractivity (Wildman–Crippen MR) is 80.5 cm³/mol. The van der Waals surface area contributed by atoms with Crippen LogP contribution in [0.15, 0.2) is 55.2 Å². The van der Waals surface area contributed by atoms with Crippen LogP contribution >= 0.6 is 0 Å². The lowest BCUT2D eigenvalue weighted by Crippen LogP contribution is -2.00. The molecule has 0 spiro atoms. The zero-order valence-electron chi connectivity index (χ0n) is 11.7. The van der Waals surface area contributed by atoms with Crippen LogP contribution in [0.25, 0.3) is 11.1 Å². The van der Waals surface area contributed by atoms with E-state index < -0.39 is 0 Å². The topological polar surface area (TPSA) is 30.7 Å². The second-order valence-corrected chi connectivity index (χ2v) is 5.01. The lowest BCUT2D eigenvalue weighted by molar-refractivity contribution is 0.776. The van der Waals surface area contributed by atoms with Gasteiger partial charge in [0.25, 0.3) is 0 Å². The highest BCUT2D eigenvalue weighted by atomic mass is 15.0. The van der Waals surface area contributed by atoms with Gasteiger partial charge in [0.15, 0.2) is 0 Å². The number of hydrogen-bond donors (Lipinski definition) is 0. The summed E-state index contributed by atoms with van der Waals surface area (Å²) in [6.07, 6.45) is 7.50. The Balaban J connectivity index is 1.99. The molecular weight excluding hydrogens is 246 g/mol. The van der Waals surface area contributed by atoms with E-state index in [1.54, 1.807) is 6.33 Å². The average Bonchev–Trinajstić information content (AvgIpc) is 2.75. The van der Waals surface area contributed by atoms with E-state index in [0.29, 0.717) is 0 Å². The van der Waals surface area contributed by atoms with Gasteiger partial charge in [-0.05, 0) is 25.0 Å². The van der Waals surface area contributed by atoms with Crippen molar-refractivity contribution in [3.8, 4) is 11.1 Å². The lowest BCUT2D eigenvalue weighted by Gasteiger charge is -2.07. The van der Waals surface area contributed by atoms with Crippen LogP contribution in [0.4, 0.5) is 0 Å². The van der Waals surface area contributed by atoms with E-state index in [4.69, 9.17) is 0 Å². The minimum Gasteiger partial charge on any atom is -0.346 e. The summed E-state index contributed by atoms with van der Waals surface area (Å²) in [7, 11) is 0. The van der Waals surface area contributed by atoms with Gasteiger partial charge in [0, 0.05) is 42.0 Å². The first-order chi connectivity index (χ1) is 9.75. The SMILES string of the molecule is Cc1cn(Cc2ccccc2)c(C)c1-c1cncnc1. The number of benzene rings is 1. The molecule has 0 fully saturated rings. The fourth-order valence-corrected chi connectivity index (χ4v) is 2.63. The fourth-order valence-electron chi connectivity index (χ4n) is 2.63. The Labute approximate surface area is 118 Å². The van der Waals surface area contributed by atoms with E-state index in [1.807, 2.05) is 18.5 Å². The number of aryl methyl sites for hydroxylation is 1. The molecule has 100 valence electrons. The van der Waals surface area contributed by atoms with Gasteiger partial charge >= 0.3 is 0 Å². The van der Waals surface area contributed by atoms with E-state index in [1.165, 1.54) is 22.4 Å². The first-order valence-electron chi connectivity index (χ1n) is 6.71. The molecule has 0 bridgehead atoms. The lowest BCUT2D eigenvalue weighted by atomic mass is 10.1. The van der Waals surface area contributed by atoms with Crippen LogP contribution in [0.5, 0.6) is 0 Å². The highest BCUT2D eigenvalue weighted by Gasteiger charge is 2.12. The highest BCUT2D eigenvalue weighted by Crippen LogP contribution is 2.28. The van der Waals surface area contributed by atoms with Gasteiger partial charge in [-0.3, -0.25) is 0 Å². The molecule has 3 rings (SSSR count). The summed E-state index contributed by atoms with van der Waals surface area (Å²) in [6, 6.07) is 10.5. The predicted octanol–water partition coefficient (Wildman–Crippen LogP) is 3.61. The van der Waals surface area contributed by atoms with Crippen molar-refractivity contribution in [2.75, 3.05) is 0 Å². The second kappa shape index (κ2) is 5.29. The summed E-state index contributed by atoms with van der Waals surface area (Å²) in [6.45, 7) is 5.18. The molecule has 20 heavy (non-hydrogen) atoms. The first-order valence-corrected chi connectivity index (χ1v) is 6.71. The van der Waals surface area contributed by atoms with Crippen molar-refractivity contribution in [1.82, 2.24) is 14.5 Å². The standard InChI is InChI=1S/C17H17N3/c1-13-10-20(11-15-6-4-3-5-7-15)14(2)17(13)16-8-18-12-19-9-16/h3-10,12H,11H2,1-2H3. The molecule has 3 aromatic rings. The molecule has 0 unspecified atom stereocenters. The molecule has 2 aromatic heterocycles. The maximum Gasteiger partial charge on any atom is 0.115 e. The molecule has 0 radical (unpaired) electrons. The number of hydrogen-bond acceptors (Lipinski definition) is 2.